The molecule has 0 atom stereocenters. The van der Waals surface area contributed by atoms with Gasteiger partial charge in [0, 0.05) is 17.1 Å². The largest absolute Gasteiger partial charge is 0.508 e. The number of rotatable bonds is 6. The topological polar surface area (TPSA) is 32.3 Å². The first-order chi connectivity index (χ1) is 7.61. The Balaban J connectivity index is 2.32. The highest BCUT2D eigenvalue weighted by Gasteiger charge is 2.04. The molecule has 0 aliphatic rings. The molecule has 0 heterocycles. The van der Waals surface area contributed by atoms with Crippen molar-refractivity contribution in [3.63, 3.8) is 0 Å². The standard InChI is InChI=1S/C13H20ClNO/c1-10(2)5-4-8-15-9-11-12(14)6-3-7-13(11)16/h3,6-7,10,15-16H,4-5,8-9H2,1-2H3. The van der Waals surface area contributed by atoms with Crippen LogP contribution in [0.3, 0.4) is 0 Å². The summed E-state index contributed by atoms with van der Waals surface area (Å²) in [7, 11) is 0. The van der Waals surface area contributed by atoms with E-state index < -0.39 is 0 Å². The van der Waals surface area contributed by atoms with Crippen LogP contribution in [-0.4, -0.2) is 11.7 Å². The lowest BCUT2D eigenvalue weighted by Crippen LogP contribution is -2.15. The van der Waals surface area contributed by atoms with Crippen LogP contribution in [0.4, 0.5) is 0 Å². The van der Waals surface area contributed by atoms with Gasteiger partial charge in [0.25, 0.3) is 0 Å². The van der Waals surface area contributed by atoms with E-state index in [0.717, 1.165) is 24.4 Å². The van der Waals surface area contributed by atoms with Gasteiger partial charge in [0.2, 0.25) is 0 Å². The van der Waals surface area contributed by atoms with Crippen LogP contribution in [0.5, 0.6) is 5.75 Å². The summed E-state index contributed by atoms with van der Waals surface area (Å²) in [5, 5.41) is 13.5. The maximum Gasteiger partial charge on any atom is 0.121 e. The van der Waals surface area contributed by atoms with Gasteiger partial charge < -0.3 is 10.4 Å². The molecule has 1 aromatic rings. The van der Waals surface area contributed by atoms with Gasteiger partial charge in [-0.25, -0.2) is 0 Å². The van der Waals surface area contributed by atoms with Crippen LogP contribution in [0.15, 0.2) is 18.2 Å². The number of phenolic OH excluding ortho intramolecular Hbond substituents is 1. The highest BCUT2D eigenvalue weighted by molar-refractivity contribution is 6.31. The van der Waals surface area contributed by atoms with E-state index in [1.807, 2.05) is 0 Å². The van der Waals surface area contributed by atoms with Crippen LogP contribution in [-0.2, 0) is 6.54 Å². The number of phenols is 1. The van der Waals surface area contributed by atoms with Crippen LogP contribution < -0.4 is 5.32 Å². The molecular formula is C13H20ClNO. The van der Waals surface area contributed by atoms with Crippen molar-refractivity contribution in [1.82, 2.24) is 5.32 Å². The summed E-state index contributed by atoms with van der Waals surface area (Å²) in [5.41, 5.74) is 0.786. The molecule has 0 aliphatic heterocycles. The molecule has 0 unspecified atom stereocenters. The fraction of sp³-hybridized carbons (Fsp3) is 0.538. The van der Waals surface area contributed by atoms with Crippen LogP contribution in [0, 0.1) is 5.92 Å². The summed E-state index contributed by atoms with van der Waals surface area (Å²) in [4.78, 5) is 0. The minimum absolute atomic E-state index is 0.267. The number of hydrogen-bond donors (Lipinski definition) is 2. The second-order valence-electron chi connectivity index (χ2n) is 4.45. The third kappa shape index (κ3) is 4.42. The van der Waals surface area contributed by atoms with Gasteiger partial charge in [-0.15, -0.1) is 0 Å². The molecule has 0 aromatic heterocycles. The zero-order valence-corrected chi connectivity index (χ0v) is 10.7. The number of benzene rings is 1. The molecule has 0 radical (unpaired) electrons. The molecule has 0 saturated heterocycles. The van der Waals surface area contributed by atoms with Crippen LogP contribution in [0.2, 0.25) is 5.02 Å². The maximum absolute atomic E-state index is 9.61. The SMILES string of the molecule is CC(C)CCCNCc1c(O)cccc1Cl. The van der Waals surface area contributed by atoms with Crippen molar-refractivity contribution in [3.05, 3.63) is 28.8 Å². The van der Waals surface area contributed by atoms with E-state index in [9.17, 15) is 5.11 Å². The number of halogens is 1. The van der Waals surface area contributed by atoms with Gasteiger partial charge >= 0.3 is 0 Å². The van der Waals surface area contributed by atoms with E-state index >= 15 is 0 Å². The molecule has 16 heavy (non-hydrogen) atoms. The highest BCUT2D eigenvalue weighted by Crippen LogP contribution is 2.24. The molecule has 1 rings (SSSR count). The van der Waals surface area contributed by atoms with Crippen molar-refractivity contribution in [2.24, 2.45) is 5.92 Å². The summed E-state index contributed by atoms with van der Waals surface area (Å²) < 4.78 is 0. The Bertz CT molecular complexity index is 305. The summed E-state index contributed by atoms with van der Waals surface area (Å²) in [6, 6.07) is 5.21. The quantitative estimate of drug-likeness (QED) is 0.747. The first-order valence-electron chi connectivity index (χ1n) is 5.78. The fourth-order valence-corrected chi connectivity index (χ4v) is 1.81. The Kier molecular flexibility index (Phi) is 5.64. The zero-order chi connectivity index (χ0) is 12.0. The minimum atomic E-state index is 0.267. The van der Waals surface area contributed by atoms with Crippen LogP contribution in [0.25, 0.3) is 0 Å². The first kappa shape index (κ1) is 13.3. The van der Waals surface area contributed by atoms with E-state index in [-0.39, 0.29) is 5.75 Å². The average molecular weight is 242 g/mol. The van der Waals surface area contributed by atoms with Gasteiger partial charge in [0.15, 0.2) is 0 Å². The van der Waals surface area contributed by atoms with Gasteiger partial charge in [0.1, 0.15) is 5.75 Å². The molecule has 0 bridgehead atoms. The molecule has 0 aliphatic carbocycles. The minimum Gasteiger partial charge on any atom is -0.508 e. The predicted molar refractivity (Wildman–Crippen MR) is 68.9 cm³/mol. The zero-order valence-electron chi connectivity index (χ0n) is 9.96. The van der Waals surface area contributed by atoms with Gasteiger partial charge in [-0.3, -0.25) is 0 Å². The third-order valence-electron chi connectivity index (χ3n) is 2.53. The van der Waals surface area contributed by atoms with E-state index in [0.29, 0.717) is 11.6 Å². The summed E-state index contributed by atoms with van der Waals surface area (Å²) in [6.45, 7) is 6.03. The molecule has 0 saturated carbocycles. The molecule has 1 aromatic carbocycles. The smallest absolute Gasteiger partial charge is 0.121 e. The number of nitrogens with one attached hydrogen (secondary N) is 1. The van der Waals surface area contributed by atoms with Crippen molar-refractivity contribution >= 4 is 11.6 Å². The van der Waals surface area contributed by atoms with E-state index in [4.69, 9.17) is 11.6 Å². The monoisotopic (exact) mass is 241 g/mol. The summed E-state index contributed by atoms with van der Waals surface area (Å²) >= 11 is 5.99. The number of hydrogen-bond acceptors (Lipinski definition) is 2. The Labute approximate surface area is 103 Å². The normalized spacial score (nSPS) is 11.0. The van der Waals surface area contributed by atoms with E-state index in [1.165, 1.54) is 6.42 Å². The Morgan fingerprint density at radius 1 is 1.38 bits per heavy atom. The van der Waals surface area contributed by atoms with Crippen LogP contribution >= 0.6 is 11.6 Å². The summed E-state index contributed by atoms with van der Waals surface area (Å²) in [6.07, 6.45) is 2.38. The lowest BCUT2D eigenvalue weighted by Gasteiger charge is -2.09. The maximum atomic E-state index is 9.61. The lowest BCUT2D eigenvalue weighted by atomic mass is 10.1. The Morgan fingerprint density at radius 3 is 2.75 bits per heavy atom. The Morgan fingerprint density at radius 2 is 2.12 bits per heavy atom. The van der Waals surface area contributed by atoms with Crippen molar-refractivity contribution < 1.29 is 5.11 Å². The van der Waals surface area contributed by atoms with Crippen molar-refractivity contribution in [3.8, 4) is 5.75 Å². The molecule has 0 spiro atoms. The number of aromatic hydroxyl groups is 1. The second kappa shape index (κ2) is 6.77. The van der Waals surface area contributed by atoms with Crippen LogP contribution in [0.1, 0.15) is 32.3 Å². The summed E-state index contributed by atoms with van der Waals surface area (Å²) in [5.74, 6) is 1.01. The molecule has 2 N–H and O–H groups in total. The van der Waals surface area contributed by atoms with Crippen molar-refractivity contribution in [1.29, 1.82) is 0 Å². The molecule has 90 valence electrons. The second-order valence-corrected chi connectivity index (χ2v) is 4.86. The average Bonchev–Trinajstić information content (AvgIpc) is 2.21. The molecule has 0 fully saturated rings. The van der Waals surface area contributed by atoms with E-state index in [1.54, 1.807) is 18.2 Å². The fourth-order valence-electron chi connectivity index (χ4n) is 1.57. The molecule has 3 heteroatoms. The Hall–Kier alpha value is -0.730. The molecule has 0 amide bonds. The van der Waals surface area contributed by atoms with Gasteiger partial charge in [-0.2, -0.15) is 0 Å². The highest BCUT2D eigenvalue weighted by atomic mass is 35.5. The third-order valence-corrected chi connectivity index (χ3v) is 2.89. The molecule has 2 nitrogen and oxygen atoms in total. The first-order valence-corrected chi connectivity index (χ1v) is 6.16. The predicted octanol–water partition coefficient (Wildman–Crippen LogP) is 3.57. The van der Waals surface area contributed by atoms with Crippen molar-refractivity contribution in [2.75, 3.05) is 6.54 Å². The van der Waals surface area contributed by atoms with Gasteiger partial charge in [-0.1, -0.05) is 31.5 Å². The lowest BCUT2D eigenvalue weighted by molar-refractivity contribution is 0.462. The van der Waals surface area contributed by atoms with Gasteiger partial charge in [-0.05, 0) is 37.4 Å². The van der Waals surface area contributed by atoms with E-state index in [2.05, 4.69) is 19.2 Å². The van der Waals surface area contributed by atoms with Crippen molar-refractivity contribution in [2.45, 2.75) is 33.2 Å². The molecular weight excluding hydrogens is 222 g/mol. The van der Waals surface area contributed by atoms with Gasteiger partial charge in [0.05, 0.1) is 0 Å².